The highest BCUT2D eigenvalue weighted by molar-refractivity contribution is 7.99. The summed E-state index contributed by atoms with van der Waals surface area (Å²) in [6.45, 7) is 6.59. The Kier molecular flexibility index (Phi) is 7.99. The summed E-state index contributed by atoms with van der Waals surface area (Å²) in [5.41, 5.74) is 0.422. The molecule has 33 heavy (non-hydrogen) atoms. The van der Waals surface area contributed by atoms with E-state index in [2.05, 4.69) is 29.4 Å². The molecule has 0 bridgehead atoms. The molecule has 0 aliphatic carbocycles. The van der Waals surface area contributed by atoms with Gasteiger partial charge in [0.25, 0.3) is 5.69 Å². The van der Waals surface area contributed by atoms with E-state index < -0.39 is 11.0 Å². The summed E-state index contributed by atoms with van der Waals surface area (Å²) in [7, 11) is 0. The molecule has 3 rings (SSSR count). The maximum atomic E-state index is 13.2. The van der Waals surface area contributed by atoms with E-state index in [0.29, 0.717) is 34.9 Å². The number of nitro groups is 1. The van der Waals surface area contributed by atoms with E-state index >= 15 is 0 Å². The Hall–Kier alpha value is -3.47. The van der Waals surface area contributed by atoms with E-state index in [4.69, 9.17) is 4.74 Å². The first-order chi connectivity index (χ1) is 15.7. The fraction of sp³-hybridized carbons (Fsp3) is 0.318. The Morgan fingerprint density at radius 2 is 1.82 bits per heavy atom. The number of anilines is 1. The number of non-ortho nitro benzene ring substituents is 1. The van der Waals surface area contributed by atoms with Gasteiger partial charge in [0, 0.05) is 24.4 Å². The number of nitrogens with one attached hydrogen (secondary N) is 1. The van der Waals surface area contributed by atoms with Crippen LogP contribution in [0.25, 0.3) is 0 Å². The quantitative estimate of drug-likeness (QED) is 0.254. The van der Waals surface area contributed by atoms with Crippen LogP contribution >= 0.6 is 11.8 Å². The smallest absolute Gasteiger partial charge is 0.269 e. The minimum atomic E-state index is -0.499. The van der Waals surface area contributed by atoms with Gasteiger partial charge in [0.05, 0.1) is 10.7 Å². The van der Waals surface area contributed by atoms with Crippen molar-refractivity contribution in [1.82, 2.24) is 14.8 Å². The van der Waals surface area contributed by atoms with Gasteiger partial charge in [-0.15, -0.1) is 10.2 Å². The number of nitro benzene ring substituents is 1. The molecule has 11 heteroatoms. The first-order valence-electron chi connectivity index (χ1n) is 10.3. The number of thioether (sulfide) groups is 1. The number of nitrogens with zero attached hydrogens (tertiary/aromatic N) is 4. The van der Waals surface area contributed by atoms with Crippen molar-refractivity contribution in [2.24, 2.45) is 5.92 Å². The predicted octanol–water partition coefficient (Wildman–Crippen LogP) is 4.85. The second-order valence-corrected chi connectivity index (χ2v) is 8.64. The van der Waals surface area contributed by atoms with Gasteiger partial charge in [-0.25, -0.2) is 4.39 Å². The van der Waals surface area contributed by atoms with Crippen LogP contribution < -0.4 is 10.1 Å². The number of halogens is 1. The lowest BCUT2D eigenvalue weighted by atomic mass is 10.2. The highest BCUT2D eigenvalue weighted by atomic mass is 32.2. The molecular weight excluding hydrogens is 449 g/mol. The van der Waals surface area contributed by atoms with Crippen molar-refractivity contribution in [3.63, 3.8) is 0 Å². The van der Waals surface area contributed by atoms with Gasteiger partial charge in [-0.1, -0.05) is 25.6 Å². The number of amides is 1. The van der Waals surface area contributed by atoms with E-state index in [9.17, 15) is 19.3 Å². The molecule has 0 saturated carbocycles. The molecule has 9 nitrogen and oxygen atoms in total. The lowest BCUT2D eigenvalue weighted by Gasteiger charge is -2.17. The van der Waals surface area contributed by atoms with Gasteiger partial charge in [-0.2, -0.15) is 0 Å². The Morgan fingerprint density at radius 1 is 1.15 bits per heavy atom. The molecular formula is C22H24FN5O4S. The SMILES string of the molecule is CC(C)Cn1c(SCC(=O)Nc2ccc([N+](=O)[O-])cc2)nnc1C(C)Oc1ccc(F)cc1. The molecule has 1 atom stereocenters. The van der Waals surface area contributed by atoms with Gasteiger partial charge in [0.15, 0.2) is 17.1 Å². The standard InChI is InChI=1S/C22H24FN5O4S/c1-14(2)12-27-21(15(3)32-19-10-4-16(23)5-11-19)25-26-22(27)33-13-20(29)24-17-6-8-18(9-7-17)28(30)31/h4-11,14-15H,12-13H2,1-3H3,(H,24,29). The minimum absolute atomic E-state index is 0.0475. The zero-order valence-electron chi connectivity index (χ0n) is 18.4. The maximum absolute atomic E-state index is 13.2. The van der Waals surface area contributed by atoms with E-state index in [-0.39, 0.29) is 23.2 Å². The molecule has 0 saturated heterocycles. The van der Waals surface area contributed by atoms with Crippen LogP contribution in [0.3, 0.4) is 0 Å². The Balaban J connectivity index is 1.66. The van der Waals surface area contributed by atoms with Crippen LogP contribution in [-0.4, -0.2) is 31.3 Å². The molecule has 3 aromatic rings. The van der Waals surface area contributed by atoms with Gasteiger partial charge in [-0.05, 0) is 49.2 Å². The number of hydrogen-bond donors (Lipinski definition) is 1. The fourth-order valence-electron chi connectivity index (χ4n) is 3.01. The van der Waals surface area contributed by atoms with Crippen molar-refractivity contribution in [3.05, 3.63) is 70.3 Å². The Labute approximate surface area is 194 Å². The third-order valence-electron chi connectivity index (χ3n) is 4.48. The molecule has 0 spiro atoms. The zero-order chi connectivity index (χ0) is 24.0. The van der Waals surface area contributed by atoms with Crippen LogP contribution in [0, 0.1) is 21.8 Å². The number of ether oxygens (including phenoxy) is 1. The average Bonchev–Trinajstić information content (AvgIpc) is 3.16. The second-order valence-electron chi connectivity index (χ2n) is 7.70. The number of carbonyl (C=O) groups is 1. The normalized spacial score (nSPS) is 11.9. The van der Waals surface area contributed by atoms with Gasteiger partial charge in [0.1, 0.15) is 11.6 Å². The molecule has 2 aromatic carbocycles. The summed E-state index contributed by atoms with van der Waals surface area (Å²) < 4.78 is 21.0. The van der Waals surface area contributed by atoms with Crippen molar-refractivity contribution < 1.29 is 18.8 Å². The Morgan fingerprint density at radius 3 is 2.42 bits per heavy atom. The molecule has 1 unspecified atom stereocenters. The average molecular weight is 474 g/mol. The first kappa shape index (κ1) is 24.2. The molecule has 0 aliphatic rings. The molecule has 0 aliphatic heterocycles. The number of rotatable bonds is 10. The van der Waals surface area contributed by atoms with Crippen molar-refractivity contribution in [1.29, 1.82) is 0 Å². The second kappa shape index (κ2) is 10.9. The molecule has 1 heterocycles. The summed E-state index contributed by atoms with van der Waals surface area (Å²) in [6, 6.07) is 11.4. The predicted molar refractivity (Wildman–Crippen MR) is 123 cm³/mol. The highest BCUT2D eigenvalue weighted by Gasteiger charge is 2.21. The summed E-state index contributed by atoms with van der Waals surface area (Å²) in [4.78, 5) is 22.6. The number of carbonyl (C=O) groups excluding carboxylic acids is 1. The van der Waals surface area contributed by atoms with Crippen LogP contribution in [0.2, 0.25) is 0 Å². The molecule has 1 aromatic heterocycles. The minimum Gasteiger partial charge on any atom is -0.483 e. The van der Waals surface area contributed by atoms with Crippen molar-refractivity contribution in [2.45, 2.75) is 38.6 Å². The Bertz CT molecular complexity index is 1100. The third-order valence-corrected chi connectivity index (χ3v) is 5.44. The van der Waals surface area contributed by atoms with Gasteiger partial charge < -0.3 is 14.6 Å². The van der Waals surface area contributed by atoms with Crippen molar-refractivity contribution in [2.75, 3.05) is 11.1 Å². The molecule has 0 radical (unpaired) electrons. The van der Waals surface area contributed by atoms with E-state index in [1.807, 2.05) is 11.5 Å². The lowest BCUT2D eigenvalue weighted by Crippen LogP contribution is -2.17. The summed E-state index contributed by atoms with van der Waals surface area (Å²) in [5, 5.41) is 22.5. The highest BCUT2D eigenvalue weighted by Crippen LogP contribution is 2.26. The van der Waals surface area contributed by atoms with Crippen LogP contribution in [0.1, 0.15) is 32.7 Å². The van der Waals surface area contributed by atoms with Gasteiger partial charge in [-0.3, -0.25) is 14.9 Å². The van der Waals surface area contributed by atoms with Crippen LogP contribution in [-0.2, 0) is 11.3 Å². The maximum Gasteiger partial charge on any atom is 0.269 e. The number of hydrogen-bond acceptors (Lipinski definition) is 7. The zero-order valence-corrected chi connectivity index (χ0v) is 19.2. The molecule has 174 valence electrons. The van der Waals surface area contributed by atoms with E-state index in [1.165, 1.54) is 48.2 Å². The first-order valence-corrected chi connectivity index (χ1v) is 11.2. The van der Waals surface area contributed by atoms with Crippen LogP contribution in [0.15, 0.2) is 53.7 Å². The summed E-state index contributed by atoms with van der Waals surface area (Å²) in [6.07, 6.45) is -0.440. The largest absolute Gasteiger partial charge is 0.483 e. The molecule has 1 N–H and O–H groups in total. The van der Waals surface area contributed by atoms with Crippen molar-refractivity contribution >= 4 is 29.0 Å². The summed E-state index contributed by atoms with van der Waals surface area (Å²) in [5.74, 6) is 0.881. The van der Waals surface area contributed by atoms with Crippen LogP contribution in [0.5, 0.6) is 5.75 Å². The van der Waals surface area contributed by atoms with E-state index in [0.717, 1.165) is 0 Å². The summed E-state index contributed by atoms with van der Waals surface area (Å²) >= 11 is 1.23. The van der Waals surface area contributed by atoms with Crippen LogP contribution in [0.4, 0.5) is 15.8 Å². The lowest BCUT2D eigenvalue weighted by molar-refractivity contribution is -0.384. The molecule has 0 fully saturated rings. The monoisotopic (exact) mass is 473 g/mol. The number of aromatic nitrogens is 3. The van der Waals surface area contributed by atoms with E-state index in [1.54, 1.807) is 12.1 Å². The fourth-order valence-corrected chi connectivity index (χ4v) is 3.76. The van der Waals surface area contributed by atoms with Crippen molar-refractivity contribution in [3.8, 4) is 5.75 Å². The third kappa shape index (κ3) is 6.75. The molecule has 1 amide bonds. The van der Waals surface area contributed by atoms with Gasteiger partial charge >= 0.3 is 0 Å². The topological polar surface area (TPSA) is 112 Å². The number of benzene rings is 2. The van der Waals surface area contributed by atoms with Gasteiger partial charge in [0.2, 0.25) is 5.91 Å².